The molecule has 5 nitrogen and oxygen atoms in total. The smallest absolute Gasteiger partial charge is 0.279 e. The summed E-state index contributed by atoms with van der Waals surface area (Å²) >= 11 is 0. The van der Waals surface area contributed by atoms with E-state index in [0.29, 0.717) is 13.0 Å². The van der Waals surface area contributed by atoms with Gasteiger partial charge in [0.05, 0.1) is 0 Å². The Morgan fingerprint density at radius 3 is 2.57 bits per heavy atom. The van der Waals surface area contributed by atoms with Crippen molar-refractivity contribution in [2.24, 2.45) is 5.73 Å². The van der Waals surface area contributed by atoms with Crippen LogP contribution in [0, 0.1) is 0 Å². The zero-order valence-corrected chi connectivity index (χ0v) is 9.55. The van der Waals surface area contributed by atoms with E-state index in [-0.39, 0.29) is 12.1 Å². The van der Waals surface area contributed by atoms with Gasteiger partial charge in [-0.15, -0.1) is 0 Å². The summed E-state index contributed by atoms with van der Waals surface area (Å²) in [6, 6.07) is 0.200. The quantitative estimate of drug-likeness (QED) is 0.644. The van der Waals surface area contributed by atoms with E-state index < -0.39 is 10.2 Å². The fourth-order valence-electron chi connectivity index (χ4n) is 1.01. The summed E-state index contributed by atoms with van der Waals surface area (Å²) in [5.74, 6) is 0. The van der Waals surface area contributed by atoms with Crippen molar-refractivity contribution in [2.45, 2.75) is 38.3 Å². The van der Waals surface area contributed by atoms with Crippen LogP contribution in [-0.4, -0.2) is 38.4 Å². The molecule has 1 atom stereocenters. The van der Waals surface area contributed by atoms with Crippen molar-refractivity contribution in [3.63, 3.8) is 0 Å². The third-order valence-corrected chi connectivity index (χ3v) is 3.84. The molecule has 14 heavy (non-hydrogen) atoms. The zero-order valence-electron chi connectivity index (χ0n) is 8.73. The third kappa shape index (κ3) is 3.91. The van der Waals surface area contributed by atoms with Gasteiger partial charge in [-0.1, -0.05) is 0 Å². The number of nitrogens with zero attached hydrogens (tertiary/aromatic N) is 1. The first kappa shape index (κ1) is 11.9. The van der Waals surface area contributed by atoms with E-state index in [2.05, 4.69) is 4.72 Å². The van der Waals surface area contributed by atoms with Crippen molar-refractivity contribution in [3.8, 4) is 0 Å². The van der Waals surface area contributed by atoms with Gasteiger partial charge in [0.25, 0.3) is 10.2 Å². The molecule has 0 saturated heterocycles. The van der Waals surface area contributed by atoms with E-state index in [4.69, 9.17) is 5.73 Å². The van der Waals surface area contributed by atoms with Crippen LogP contribution < -0.4 is 10.5 Å². The molecule has 0 aromatic rings. The molecule has 1 fully saturated rings. The van der Waals surface area contributed by atoms with E-state index in [1.54, 1.807) is 7.05 Å². The van der Waals surface area contributed by atoms with Crippen LogP contribution in [0.1, 0.15) is 26.2 Å². The van der Waals surface area contributed by atoms with Gasteiger partial charge in [0.1, 0.15) is 0 Å². The highest BCUT2D eigenvalue weighted by atomic mass is 32.2. The van der Waals surface area contributed by atoms with Crippen LogP contribution in [0.15, 0.2) is 0 Å². The molecule has 0 bridgehead atoms. The van der Waals surface area contributed by atoms with Crippen LogP contribution in [0.4, 0.5) is 0 Å². The number of rotatable bonds is 6. The van der Waals surface area contributed by atoms with Gasteiger partial charge in [-0.05, 0) is 26.2 Å². The average molecular weight is 221 g/mol. The van der Waals surface area contributed by atoms with Gasteiger partial charge in [-0.2, -0.15) is 17.4 Å². The monoisotopic (exact) mass is 221 g/mol. The molecule has 1 rings (SSSR count). The Morgan fingerprint density at radius 1 is 1.57 bits per heavy atom. The van der Waals surface area contributed by atoms with Crippen LogP contribution in [0.2, 0.25) is 0 Å². The standard InChI is InChI=1S/C8H19N3O2S/c1-7(9)5-6-11(2)14(12,13)10-8-3-4-8/h7-8,10H,3-6,9H2,1-2H3. The summed E-state index contributed by atoms with van der Waals surface area (Å²) in [5.41, 5.74) is 5.56. The third-order valence-electron chi connectivity index (χ3n) is 2.20. The van der Waals surface area contributed by atoms with E-state index in [0.717, 1.165) is 12.8 Å². The molecule has 0 aromatic heterocycles. The second kappa shape index (κ2) is 4.57. The van der Waals surface area contributed by atoms with Gasteiger partial charge in [-0.25, -0.2) is 0 Å². The Bertz CT molecular complexity index is 272. The second-order valence-electron chi connectivity index (χ2n) is 3.98. The van der Waals surface area contributed by atoms with Gasteiger partial charge in [0.2, 0.25) is 0 Å². The highest BCUT2D eigenvalue weighted by molar-refractivity contribution is 7.87. The Hall–Kier alpha value is -0.170. The van der Waals surface area contributed by atoms with Crippen LogP contribution in [0.3, 0.4) is 0 Å². The van der Waals surface area contributed by atoms with Crippen molar-refractivity contribution in [2.75, 3.05) is 13.6 Å². The summed E-state index contributed by atoms with van der Waals surface area (Å²) in [4.78, 5) is 0. The molecule has 0 aromatic carbocycles. The maximum absolute atomic E-state index is 11.6. The predicted molar refractivity (Wildman–Crippen MR) is 56.0 cm³/mol. The van der Waals surface area contributed by atoms with Gasteiger partial charge < -0.3 is 5.73 Å². The maximum atomic E-state index is 11.6. The van der Waals surface area contributed by atoms with Crippen LogP contribution >= 0.6 is 0 Å². The predicted octanol–water partition coefficient (Wildman–Crippen LogP) is -0.348. The summed E-state index contributed by atoms with van der Waals surface area (Å²) in [7, 11) is -1.69. The summed E-state index contributed by atoms with van der Waals surface area (Å²) in [5, 5.41) is 0. The molecule has 84 valence electrons. The van der Waals surface area contributed by atoms with Crippen molar-refractivity contribution in [1.82, 2.24) is 9.03 Å². The topological polar surface area (TPSA) is 75.4 Å². The van der Waals surface area contributed by atoms with Crippen molar-refractivity contribution in [1.29, 1.82) is 0 Å². The largest absolute Gasteiger partial charge is 0.328 e. The fourth-order valence-corrected chi connectivity index (χ4v) is 2.19. The highest BCUT2D eigenvalue weighted by Crippen LogP contribution is 2.20. The molecular weight excluding hydrogens is 202 g/mol. The van der Waals surface area contributed by atoms with Crippen LogP contribution in [0.5, 0.6) is 0 Å². The van der Waals surface area contributed by atoms with E-state index >= 15 is 0 Å². The molecule has 0 spiro atoms. The first-order valence-corrected chi connectivity index (χ1v) is 6.35. The number of hydrogen-bond acceptors (Lipinski definition) is 3. The summed E-state index contributed by atoms with van der Waals surface area (Å²) in [6.45, 7) is 2.34. The minimum absolute atomic E-state index is 0.0357. The molecule has 1 saturated carbocycles. The summed E-state index contributed by atoms with van der Waals surface area (Å²) < 4.78 is 27.1. The second-order valence-corrected chi connectivity index (χ2v) is 5.79. The highest BCUT2D eigenvalue weighted by Gasteiger charge is 2.29. The lowest BCUT2D eigenvalue weighted by atomic mass is 10.2. The minimum Gasteiger partial charge on any atom is -0.328 e. The van der Waals surface area contributed by atoms with Crippen molar-refractivity contribution in [3.05, 3.63) is 0 Å². The average Bonchev–Trinajstić information content (AvgIpc) is 2.82. The lowest BCUT2D eigenvalue weighted by molar-refractivity contribution is 0.437. The number of nitrogens with two attached hydrogens (primary N) is 1. The number of hydrogen-bond donors (Lipinski definition) is 2. The number of nitrogens with one attached hydrogen (secondary N) is 1. The molecular formula is C8H19N3O2S. The molecule has 0 heterocycles. The molecule has 1 aliphatic carbocycles. The Labute approximate surface area is 85.8 Å². The van der Waals surface area contributed by atoms with Gasteiger partial charge in [-0.3, -0.25) is 0 Å². The van der Waals surface area contributed by atoms with Gasteiger partial charge in [0, 0.05) is 25.7 Å². The SMILES string of the molecule is CC(N)CCN(C)S(=O)(=O)NC1CC1. The lowest BCUT2D eigenvalue weighted by Gasteiger charge is -2.18. The first-order chi connectivity index (χ1) is 6.42. The molecule has 1 aliphatic rings. The molecule has 0 amide bonds. The van der Waals surface area contributed by atoms with E-state index in [1.165, 1.54) is 4.31 Å². The van der Waals surface area contributed by atoms with E-state index in [1.807, 2.05) is 6.92 Å². The van der Waals surface area contributed by atoms with Crippen LogP contribution in [0.25, 0.3) is 0 Å². The zero-order chi connectivity index (χ0) is 10.8. The van der Waals surface area contributed by atoms with Crippen molar-refractivity contribution >= 4 is 10.2 Å². The molecule has 1 unspecified atom stereocenters. The Kier molecular flexibility index (Phi) is 3.88. The summed E-state index contributed by atoms with van der Waals surface area (Å²) in [6.07, 6.45) is 2.60. The van der Waals surface area contributed by atoms with Gasteiger partial charge in [0.15, 0.2) is 0 Å². The first-order valence-electron chi connectivity index (χ1n) is 4.91. The van der Waals surface area contributed by atoms with Crippen LogP contribution in [-0.2, 0) is 10.2 Å². The molecule has 0 radical (unpaired) electrons. The molecule has 6 heteroatoms. The minimum atomic E-state index is -3.26. The normalized spacial score (nSPS) is 20.0. The maximum Gasteiger partial charge on any atom is 0.279 e. The molecule has 0 aliphatic heterocycles. The van der Waals surface area contributed by atoms with Gasteiger partial charge >= 0.3 is 0 Å². The lowest BCUT2D eigenvalue weighted by Crippen LogP contribution is -2.40. The molecule has 3 N–H and O–H groups in total. The van der Waals surface area contributed by atoms with E-state index in [9.17, 15) is 8.42 Å². The Balaban J connectivity index is 2.36. The van der Waals surface area contributed by atoms with Crippen molar-refractivity contribution < 1.29 is 8.42 Å². The Morgan fingerprint density at radius 2 is 2.14 bits per heavy atom. The fraction of sp³-hybridized carbons (Fsp3) is 1.00.